The van der Waals surface area contributed by atoms with Crippen molar-refractivity contribution in [1.29, 1.82) is 0 Å². The number of hydrogen-bond donors (Lipinski definition) is 3. The summed E-state index contributed by atoms with van der Waals surface area (Å²) in [7, 11) is 0. The molecule has 0 radical (unpaired) electrons. The van der Waals surface area contributed by atoms with Crippen LogP contribution in [0.2, 0.25) is 0 Å². The Hall–Kier alpha value is -0.120. The topological polar surface area (TPSA) is 52.5 Å². The van der Waals surface area contributed by atoms with Crippen molar-refractivity contribution in [2.24, 2.45) is 0 Å². The van der Waals surface area contributed by atoms with Crippen LogP contribution in [0.25, 0.3) is 0 Å². The van der Waals surface area contributed by atoms with Gasteiger partial charge in [-0.2, -0.15) is 0 Å². The number of hydrogen-bond acceptors (Lipinski definition) is 3. The van der Waals surface area contributed by atoms with E-state index in [0.29, 0.717) is 0 Å². The van der Waals surface area contributed by atoms with Gasteiger partial charge in [-0.3, -0.25) is 0 Å². The maximum absolute atomic E-state index is 8.55. The number of nitrogens with one attached hydrogen (secondary N) is 1. The smallest absolute Gasteiger partial charge is 0.167 e. The van der Waals surface area contributed by atoms with Crippen LogP contribution in [-0.4, -0.2) is 29.1 Å². The Balaban J connectivity index is 2.24. The lowest BCUT2D eigenvalue weighted by Crippen LogP contribution is -2.34. The van der Waals surface area contributed by atoms with E-state index in [9.17, 15) is 0 Å². The summed E-state index contributed by atoms with van der Waals surface area (Å²) in [4.78, 5) is 0. The first-order valence-electron chi connectivity index (χ1n) is 2.90. The molecule has 1 atom stereocenters. The van der Waals surface area contributed by atoms with Crippen molar-refractivity contribution in [3.05, 3.63) is 0 Å². The van der Waals surface area contributed by atoms with Gasteiger partial charge in [-0.1, -0.05) is 0 Å². The van der Waals surface area contributed by atoms with Gasteiger partial charge in [0.1, 0.15) is 0 Å². The summed E-state index contributed by atoms with van der Waals surface area (Å²) in [5.41, 5.74) is 0. The highest BCUT2D eigenvalue weighted by molar-refractivity contribution is 4.74. The van der Waals surface area contributed by atoms with E-state index in [2.05, 4.69) is 5.32 Å². The summed E-state index contributed by atoms with van der Waals surface area (Å²) >= 11 is 0. The Bertz CT molecular complexity index is 68.8. The first kappa shape index (κ1) is 6.01. The van der Waals surface area contributed by atoms with Gasteiger partial charge in [-0.05, 0) is 19.4 Å². The lowest BCUT2D eigenvalue weighted by Gasteiger charge is -2.10. The zero-order chi connectivity index (χ0) is 5.98. The molecular weight excluding hydrogens is 106 g/mol. The molecule has 48 valence electrons. The fourth-order valence-corrected chi connectivity index (χ4v) is 0.966. The van der Waals surface area contributed by atoms with Crippen molar-refractivity contribution in [3.63, 3.8) is 0 Å². The highest BCUT2D eigenvalue weighted by atomic mass is 16.5. The first-order chi connectivity index (χ1) is 3.80. The van der Waals surface area contributed by atoms with Gasteiger partial charge in [0.15, 0.2) is 6.29 Å². The minimum Gasteiger partial charge on any atom is -0.367 e. The van der Waals surface area contributed by atoms with Crippen molar-refractivity contribution in [1.82, 2.24) is 5.32 Å². The zero-order valence-corrected chi connectivity index (χ0v) is 4.67. The van der Waals surface area contributed by atoms with Crippen LogP contribution in [-0.2, 0) is 0 Å². The SMILES string of the molecule is OC(O)[C@@H]1CCCN1. The molecule has 1 saturated heterocycles. The van der Waals surface area contributed by atoms with E-state index >= 15 is 0 Å². The van der Waals surface area contributed by atoms with Crippen LogP contribution in [0.1, 0.15) is 12.8 Å². The molecule has 3 nitrogen and oxygen atoms in total. The Kier molecular flexibility index (Phi) is 1.83. The van der Waals surface area contributed by atoms with Crippen LogP contribution in [0.4, 0.5) is 0 Å². The molecule has 3 N–H and O–H groups in total. The second kappa shape index (κ2) is 2.44. The van der Waals surface area contributed by atoms with Crippen LogP contribution in [0.5, 0.6) is 0 Å². The van der Waals surface area contributed by atoms with Gasteiger partial charge >= 0.3 is 0 Å². The summed E-state index contributed by atoms with van der Waals surface area (Å²) < 4.78 is 0. The van der Waals surface area contributed by atoms with Gasteiger partial charge < -0.3 is 15.5 Å². The van der Waals surface area contributed by atoms with E-state index in [1.165, 1.54) is 0 Å². The fraction of sp³-hybridized carbons (Fsp3) is 1.00. The molecule has 0 unspecified atom stereocenters. The number of aliphatic hydroxyl groups excluding tert-OH is 1. The minimum atomic E-state index is -1.17. The molecule has 0 aliphatic carbocycles. The third-order valence-electron chi connectivity index (χ3n) is 1.46. The maximum atomic E-state index is 8.55. The van der Waals surface area contributed by atoms with Gasteiger partial charge in [0.05, 0.1) is 6.04 Å². The van der Waals surface area contributed by atoms with Crippen LogP contribution in [0.15, 0.2) is 0 Å². The van der Waals surface area contributed by atoms with Crippen LogP contribution in [0, 0.1) is 0 Å². The molecular formula is C5H11NO2. The molecule has 0 aromatic carbocycles. The Morgan fingerprint density at radius 2 is 2.25 bits per heavy atom. The van der Waals surface area contributed by atoms with Gasteiger partial charge in [0, 0.05) is 0 Å². The number of rotatable bonds is 1. The summed E-state index contributed by atoms with van der Waals surface area (Å²) in [5.74, 6) is 0. The van der Waals surface area contributed by atoms with E-state index in [1.54, 1.807) is 0 Å². The third-order valence-corrected chi connectivity index (χ3v) is 1.46. The molecule has 0 bridgehead atoms. The van der Waals surface area contributed by atoms with Crippen molar-refractivity contribution >= 4 is 0 Å². The Morgan fingerprint density at radius 3 is 2.50 bits per heavy atom. The summed E-state index contributed by atoms with van der Waals surface area (Å²) in [6.07, 6.45) is 0.775. The van der Waals surface area contributed by atoms with E-state index in [0.717, 1.165) is 19.4 Å². The molecule has 3 heteroatoms. The van der Waals surface area contributed by atoms with Gasteiger partial charge in [-0.25, -0.2) is 0 Å². The lowest BCUT2D eigenvalue weighted by molar-refractivity contribution is -0.0624. The highest BCUT2D eigenvalue weighted by Gasteiger charge is 2.19. The monoisotopic (exact) mass is 117 g/mol. The summed E-state index contributed by atoms with van der Waals surface area (Å²) in [6.45, 7) is 0.919. The molecule has 0 amide bonds. The molecule has 1 rings (SSSR count). The van der Waals surface area contributed by atoms with E-state index in [1.807, 2.05) is 0 Å². The van der Waals surface area contributed by atoms with Crippen molar-refractivity contribution in [2.45, 2.75) is 25.2 Å². The second-order valence-corrected chi connectivity index (χ2v) is 2.12. The quantitative estimate of drug-likeness (QED) is 0.388. The van der Waals surface area contributed by atoms with Crippen molar-refractivity contribution in [2.75, 3.05) is 6.54 Å². The van der Waals surface area contributed by atoms with Crippen molar-refractivity contribution < 1.29 is 10.2 Å². The minimum absolute atomic E-state index is 0.0741. The molecule has 8 heavy (non-hydrogen) atoms. The second-order valence-electron chi connectivity index (χ2n) is 2.12. The van der Waals surface area contributed by atoms with E-state index in [-0.39, 0.29) is 6.04 Å². The van der Waals surface area contributed by atoms with Gasteiger partial charge in [-0.15, -0.1) is 0 Å². The maximum Gasteiger partial charge on any atom is 0.167 e. The van der Waals surface area contributed by atoms with Gasteiger partial charge in [0.2, 0.25) is 0 Å². The standard InChI is InChI=1S/C5H11NO2/c7-5(8)4-2-1-3-6-4/h4-8H,1-3H2/t4-/m0/s1. The molecule has 1 aliphatic rings. The molecule has 1 heterocycles. The Labute approximate surface area is 48.3 Å². The molecule has 0 aromatic heterocycles. The van der Waals surface area contributed by atoms with Crippen LogP contribution < -0.4 is 5.32 Å². The Morgan fingerprint density at radius 1 is 1.50 bits per heavy atom. The molecule has 0 aromatic rings. The highest BCUT2D eigenvalue weighted by Crippen LogP contribution is 2.06. The third kappa shape index (κ3) is 1.18. The molecule has 1 aliphatic heterocycles. The largest absolute Gasteiger partial charge is 0.367 e. The summed E-state index contributed by atoms with van der Waals surface area (Å²) in [5, 5.41) is 20.0. The van der Waals surface area contributed by atoms with E-state index < -0.39 is 6.29 Å². The van der Waals surface area contributed by atoms with Crippen molar-refractivity contribution in [3.8, 4) is 0 Å². The average molecular weight is 117 g/mol. The predicted molar refractivity (Wildman–Crippen MR) is 29.3 cm³/mol. The zero-order valence-electron chi connectivity index (χ0n) is 4.67. The lowest BCUT2D eigenvalue weighted by atomic mass is 10.2. The fourth-order valence-electron chi connectivity index (χ4n) is 0.966. The molecule has 1 fully saturated rings. The van der Waals surface area contributed by atoms with E-state index in [4.69, 9.17) is 10.2 Å². The molecule has 0 saturated carbocycles. The predicted octanol–water partition coefficient (Wildman–Crippen LogP) is -0.951. The van der Waals surface area contributed by atoms with Crippen LogP contribution in [0.3, 0.4) is 0 Å². The number of aliphatic hydroxyl groups is 2. The average Bonchev–Trinajstić information content (AvgIpc) is 2.12. The van der Waals surface area contributed by atoms with Gasteiger partial charge in [0.25, 0.3) is 0 Å². The summed E-state index contributed by atoms with van der Waals surface area (Å²) in [6, 6.07) is -0.0741. The normalized spacial score (nSPS) is 29.6. The first-order valence-corrected chi connectivity index (χ1v) is 2.90. The van der Waals surface area contributed by atoms with Crippen LogP contribution >= 0.6 is 0 Å². The molecule has 0 spiro atoms.